The number of likely N-dealkylation sites (N-methyl/N-ethyl adjacent to an activating group) is 2. The zero-order valence-corrected chi connectivity index (χ0v) is 46.8. The standard InChI is InChI=1S/C53H89FN6O16/c1-14-43-52(9,67)24-41(61)34(6)58(12)27-30(2)19-21-51(8,66)48(32(4)46(33(5)49(65)74-43)75-44-25-53(10,70-13)47(64)35(7)73-44)76-50-45(63)39(23-31(3)72-50)57(11)22-20-36-28-59(56-55-36)40(26-54)42(62)29-71-38-17-15-37(16-18-38)60(68)69/h15-18,28,30-35,39-48,50,61-64,66-67H,14,19-27,29H2,1-13H3/t30-,31-,32+,33-,34-,35+,39+,40-,41+,42-,43-,44+,45-,46+,47+,48-,50+,51-,52+,53-/m1/s1. The van der Waals surface area contributed by atoms with Gasteiger partial charge in [0, 0.05) is 75.8 Å². The quantitative estimate of drug-likeness (QED) is 0.0747. The average Bonchev–Trinajstić information content (AvgIpc) is 3.84. The van der Waals surface area contributed by atoms with Crippen molar-refractivity contribution in [3.63, 3.8) is 0 Å². The summed E-state index contributed by atoms with van der Waals surface area (Å²) in [6.45, 7) is 17.2. The lowest BCUT2D eigenvalue weighted by Gasteiger charge is -2.48. The molecule has 0 unspecified atom stereocenters. The molecule has 3 aliphatic rings. The Morgan fingerprint density at radius 3 is 2.30 bits per heavy atom. The second kappa shape index (κ2) is 27.1. The van der Waals surface area contributed by atoms with Crippen LogP contribution in [0.5, 0.6) is 5.75 Å². The number of benzene rings is 1. The summed E-state index contributed by atoms with van der Waals surface area (Å²) in [4.78, 5) is 29.0. The minimum Gasteiger partial charge on any atom is -0.491 e. The van der Waals surface area contributed by atoms with E-state index in [1.807, 2.05) is 44.7 Å². The number of hydrogen-bond acceptors (Lipinski definition) is 20. The van der Waals surface area contributed by atoms with Crippen LogP contribution in [0.1, 0.15) is 119 Å². The Balaban J connectivity index is 1.41. The van der Waals surface area contributed by atoms with Gasteiger partial charge < -0.3 is 73.6 Å². The molecule has 3 fully saturated rings. The number of nitro benzene ring substituents is 1. The van der Waals surface area contributed by atoms with Crippen LogP contribution >= 0.6 is 0 Å². The van der Waals surface area contributed by atoms with Gasteiger partial charge in [-0.1, -0.05) is 26.0 Å². The molecule has 20 atom stereocenters. The van der Waals surface area contributed by atoms with Gasteiger partial charge in [0.25, 0.3) is 5.69 Å². The maximum atomic E-state index is 14.6. The van der Waals surface area contributed by atoms with Crippen molar-refractivity contribution in [2.24, 2.45) is 17.8 Å². The van der Waals surface area contributed by atoms with Gasteiger partial charge in [-0.3, -0.25) is 14.9 Å². The summed E-state index contributed by atoms with van der Waals surface area (Å²) < 4.78 is 59.5. The first kappa shape index (κ1) is 63.3. The van der Waals surface area contributed by atoms with Crippen LogP contribution < -0.4 is 4.74 Å². The van der Waals surface area contributed by atoms with Crippen LogP contribution in [0.15, 0.2) is 30.5 Å². The van der Waals surface area contributed by atoms with E-state index in [0.717, 1.165) is 0 Å². The molecule has 0 amide bonds. The van der Waals surface area contributed by atoms with Crippen LogP contribution in [-0.2, 0) is 39.6 Å². The summed E-state index contributed by atoms with van der Waals surface area (Å²) in [7, 11) is 5.21. The van der Waals surface area contributed by atoms with Gasteiger partial charge in [0.2, 0.25) is 0 Å². The molecule has 6 N–H and O–H groups in total. The fraction of sp³-hybridized carbons (Fsp3) is 0.830. The first-order chi connectivity index (χ1) is 35.6. The van der Waals surface area contributed by atoms with Crippen molar-refractivity contribution in [1.29, 1.82) is 0 Å². The number of esters is 1. The van der Waals surface area contributed by atoms with E-state index in [1.165, 1.54) is 42.3 Å². The molecule has 0 aliphatic carbocycles. The molecule has 3 saturated heterocycles. The molecule has 76 heavy (non-hydrogen) atoms. The third-order valence-corrected chi connectivity index (χ3v) is 16.3. The van der Waals surface area contributed by atoms with E-state index in [-0.39, 0.29) is 55.7 Å². The van der Waals surface area contributed by atoms with Gasteiger partial charge in [-0.25, -0.2) is 9.07 Å². The molecule has 0 bridgehead atoms. The van der Waals surface area contributed by atoms with Crippen molar-refractivity contribution in [2.75, 3.05) is 47.6 Å². The maximum absolute atomic E-state index is 14.6. The number of halogens is 1. The van der Waals surface area contributed by atoms with Gasteiger partial charge in [-0.05, 0) is 106 Å². The molecule has 4 heterocycles. The van der Waals surface area contributed by atoms with Crippen LogP contribution in [0.4, 0.5) is 10.1 Å². The van der Waals surface area contributed by atoms with Gasteiger partial charge in [0.1, 0.15) is 55.1 Å². The predicted octanol–water partition coefficient (Wildman–Crippen LogP) is 3.74. The lowest BCUT2D eigenvalue weighted by molar-refractivity contribution is -0.384. The summed E-state index contributed by atoms with van der Waals surface area (Å²) in [6.07, 6.45) is -8.24. The molecule has 23 heteroatoms. The van der Waals surface area contributed by atoms with E-state index < -0.39 is 126 Å². The Labute approximate surface area is 447 Å². The molecule has 0 spiro atoms. The highest BCUT2D eigenvalue weighted by Crippen LogP contribution is 2.40. The molecule has 0 radical (unpaired) electrons. The zero-order chi connectivity index (χ0) is 56.6. The number of methoxy groups -OCH3 is 1. The summed E-state index contributed by atoms with van der Waals surface area (Å²) in [6, 6.07) is 3.22. The maximum Gasteiger partial charge on any atom is 0.311 e. The number of cyclic esters (lactones) is 1. The SMILES string of the molecule is CC[C@H]1OC(=O)[C@H](C)[C@@H](O[C@H]2C[C@@](C)(OC)[C@@H](O)[C@H](C)O2)[C@H](C)[C@@H](O[C@@H]2O[C@H](C)C[C@H](N(C)CCc3cn([C@H](CF)[C@H](O)COc4ccc([N+](=O)[O-])cc4)nn3)[C@H]2O)[C@](C)(O)CC[C@@H](C)CN(C)[C@H](C)[C@@H](O)C[C@]1(C)O. The number of aliphatic hydroxyl groups is 6. The van der Waals surface area contributed by atoms with Crippen molar-refractivity contribution in [1.82, 2.24) is 24.8 Å². The Morgan fingerprint density at radius 1 is 1.01 bits per heavy atom. The highest BCUT2D eigenvalue weighted by atomic mass is 19.1. The number of ether oxygens (including phenoxy) is 7. The molecular formula is C53H89FN6O16. The lowest BCUT2D eigenvalue weighted by Crippen LogP contribution is -2.60. The van der Waals surface area contributed by atoms with Gasteiger partial charge in [-0.2, -0.15) is 0 Å². The highest BCUT2D eigenvalue weighted by molar-refractivity contribution is 5.73. The summed E-state index contributed by atoms with van der Waals surface area (Å²) >= 11 is 0. The minimum absolute atomic E-state index is 0.000388. The van der Waals surface area contributed by atoms with Crippen molar-refractivity contribution >= 4 is 11.7 Å². The largest absolute Gasteiger partial charge is 0.491 e. The molecule has 2 aromatic rings. The van der Waals surface area contributed by atoms with E-state index in [1.54, 1.807) is 48.5 Å². The van der Waals surface area contributed by atoms with Gasteiger partial charge in [-0.15, -0.1) is 5.10 Å². The van der Waals surface area contributed by atoms with E-state index >= 15 is 0 Å². The second-order valence-corrected chi connectivity index (χ2v) is 22.8. The fourth-order valence-corrected chi connectivity index (χ4v) is 11.0. The smallest absolute Gasteiger partial charge is 0.311 e. The van der Waals surface area contributed by atoms with Crippen LogP contribution in [0, 0.1) is 27.9 Å². The van der Waals surface area contributed by atoms with E-state index in [0.29, 0.717) is 38.0 Å². The highest BCUT2D eigenvalue weighted by Gasteiger charge is 2.52. The molecule has 434 valence electrons. The molecule has 5 rings (SSSR count). The third kappa shape index (κ3) is 15.8. The second-order valence-electron chi connectivity index (χ2n) is 22.8. The Morgan fingerprint density at radius 2 is 1.68 bits per heavy atom. The van der Waals surface area contributed by atoms with Crippen molar-refractivity contribution in [2.45, 2.75) is 217 Å². The molecule has 3 aliphatic heterocycles. The lowest BCUT2D eigenvalue weighted by atomic mass is 9.78. The summed E-state index contributed by atoms with van der Waals surface area (Å²) in [5.41, 5.74) is -4.01. The topological polar surface area (TPSA) is 283 Å². The molecule has 22 nitrogen and oxygen atoms in total. The molecule has 1 aromatic carbocycles. The van der Waals surface area contributed by atoms with Gasteiger partial charge in [0.05, 0.1) is 58.3 Å². The number of non-ortho nitro benzene ring substituents is 1. The third-order valence-electron chi connectivity index (χ3n) is 16.3. The number of aliphatic hydroxyl groups excluding tert-OH is 4. The molecule has 0 saturated carbocycles. The van der Waals surface area contributed by atoms with Crippen LogP contribution in [-0.4, -0.2) is 210 Å². The van der Waals surface area contributed by atoms with E-state index in [9.17, 15) is 49.9 Å². The number of rotatable bonds is 17. The normalized spacial score (nSPS) is 38.8. The summed E-state index contributed by atoms with van der Waals surface area (Å²) in [5, 5.41) is 89.7. The first-order valence-electron chi connectivity index (χ1n) is 26.8. The number of hydrogen-bond donors (Lipinski definition) is 6. The van der Waals surface area contributed by atoms with Crippen molar-refractivity contribution in [3.05, 3.63) is 46.3 Å². The summed E-state index contributed by atoms with van der Waals surface area (Å²) in [5.74, 6) is -2.40. The number of aromatic nitrogens is 3. The average molecular weight is 1090 g/mol. The van der Waals surface area contributed by atoms with Crippen LogP contribution in [0.25, 0.3) is 0 Å². The predicted molar refractivity (Wildman–Crippen MR) is 276 cm³/mol. The molecular weight excluding hydrogens is 996 g/mol. The Bertz CT molecular complexity index is 2130. The fourth-order valence-electron chi connectivity index (χ4n) is 11.0. The van der Waals surface area contributed by atoms with E-state index in [2.05, 4.69) is 10.3 Å². The number of carbonyl (C=O) groups excluding carboxylic acids is 1. The van der Waals surface area contributed by atoms with Gasteiger partial charge in [0.15, 0.2) is 12.6 Å². The number of carbonyl (C=O) groups is 1. The Hall–Kier alpha value is -3.56. The monoisotopic (exact) mass is 1080 g/mol. The number of nitrogens with zero attached hydrogens (tertiary/aromatic N) is 6. The zero-order valence-electron chi connectivity index (χ0n) is 46.8. The first-order valence-corrected chi connectivity index (χ1v) is 26.8. The van der Waals surface area contributed by atoms with E-state index in [4.69, 9.17) is 33.2 Å². The van der Waals surface area contributed by atoms with Gasteiger partial charge >= 0.3 is 5.97 Å². The minimum atomic E-state index is -1.65. The number of nitro groups is 1. The van der Waals surface area contributed by atoms with Crippen molar-refractivity contribution < 1.29 is 77.9 Å². The van der Waals surface area contributed by atoms with Crippen LogP contribution in [0.3, 0.4) is 0 Å². The van der Waals surface area contributed by atoms with Crippen LogP contribution in [0.2, 0.25) is 0 Å². The number of alkyl halides is 1. The molecule has 1 aromatic heterocycles. The van der Waals surface area contributed by atoms with Crippen molar-refractivity contribution in [3.8, 4) is 5.75 Å². The Kier molecular flexibility index (Phi) is 22.5.